The van der Waals surface area contributed by atoms with Crippen molar-refractivity contribution in [2.24, 2.45) is 5.41 Å². The van der Waals surface area contributed by atoms with Crippen molar-refractivity contribution in [3.05, 3.63) is 35.9 Å². The van der Waals surface area contributed by atoms with Crippen LogP contribution in [-0.2, 0) is 11.3 Å². The van der Waals surface area contributed by atoms with E-state index in [1.54, 1.807) is 0 Å². The standard InChI is InChI=1S/C14H16N2O2/c1-13(2)9-14(13,10-15)16-12(17)18-8-11-6-4-3-5-7-11/h3-7H,8-9H2,1-2H3,(H,16,17). The van der Waals surface area contributed by atoms with Gasteiger partial charge in [-0.3, -0.25) is 0 Å². The van der Waals surface area contributed by atoms with Gasteiger partial charge in [0.2, 0.25) is 0 Å². The lowest BCUT2D eigenvalue weighted by molar-refractivity contribution is 0.135. The molecule has 0 spiro atoms. The fourth-order valence-corrected chi connectivity index (χ4v) is 1.98. The van der Waals surface area contributed by atoms with Gasteiger partial charge < -0.3 is 10.1 Å². The zero-order chi connectivity index (χ0) is 13.2. The second-order valence-electron chi connectivity index (χ2n) is 5.26. The minimum Gasteiger partial charge on any atom is -0.445 e. The highest BCUT2D eigenvalue weighted by Gasteiger charge is 2.63. The van der Waals surface area contributed by atoms with Crippen molar-refractivity contribution in [2.75, 3.05) is 0 Å². The minimum absolute atomic E-state index is 0.173. The SMILES string of the molecule is CC1(C)CC1(C#N)NC(=O)OCc1ccccc1. The largest absolute Gasteiger partial charge is 0.445 e. The van der Waals surface area contributed by atoms with Crippen LogP contribution in [0.2, 0.25) is 0 Å². The highest BCUT2D eigenvalue weighted by atomic mass is 16.5. The van der Waals surface area contributed by atoms with E-state index in [9.17, 15) is 4.79 Å². The highest BCUT2D eigenvalue weighted by molar-refractivity contribution is 5.70. The van der Waals surface area contributed by atoms with E-state index in [1.165, 1.54) is 0 Å². The molecule has 1 aliphatic carbocycles. The Balaban J connectivity index is 1.86. The number of amides is 1. The molecule has 0 aliphatic heterocycles. The number of nitriles is 1. The summed E-state index contributed by atoms with van der Waals surface area (Å²) < 4.78 is 5.10. The van der Waals surface area contributed by atoms with Gasteiger partial charge in [0.1, 0.15) is 12.1 Å². The molecule has 4 nitrogen and oxygen atoms in total. The van der Waals surface area contributed by atoms with Gasteiger partial charge in [-0.15, -0.1) is 0 Å². The van der Waals surface area contributed by atoms with Crippen LogP contribution in [0, 0.1) is 16.7 Å². The van der Waals surface area contributed by atoms with Crippen LogP contribution in [-0.4, -0.2) is 11.6 Å². The predicted molar refractivity (Wildman–Crippen MR) is 66.5 cm³/mol. The zero-order valence-electron chi connectivity index (χ0n) is 10.6. The molecule has 1 N–H and O–H groups in total. The maximum Gasteiger partial charge on any atom is 0.408 e. The number of hydrogen-bond acceptors (Lipinski definition) is 3. The number of carbonyl (C=O) groups is 1. The van der Waals surface area contributed by atoms with Gasteiger partial charge in [-0.05, 0) is 12.0 Å². The van der Waals surface area contributed by atoms with Crippen molar-refractivity contribution in [1.82, 2.24) is 5.32 Å². The van der Waals surface area contributed by atoms with E-state index in [-0.39, 0.29) is 12.0 Å². The maximum absolute atomic E-state index is 11.6. The fourth-order valence-electron chi connectivity index (χ4n) is 1.98. The van der Waals surface area contributed by atoms with Gasteiger partial charge in [-0.2, -0.15) is 5.26 Å². The summed E-state index contributed by atoms with van der Waals surface area (Å²) in [6.07, 6.45) is 0.127. The molecule has 1 aromatic rings. The zero-order valence-corrected chi connectivity index (χ0v) is 10.6. The Labute approximate surface area is 107 Å². The van der Waals surface area contributed by atoms with Crippen molar-refractivity contribution in [1.29, 1.82) is 5.26 Å². The van der Waals surface area contributed by atoms with Crippen LogP contribution in [0.3, 0.4) is 0 Å². The van der Waals surface area contributed by atoms with Crippen molar-refractivity contribution >= 4 is 6.09 Å². The van der Waals surface area contributed by atoms with Crippen molar-refractivity contribution in [2.45, 2.75) is 32.4 Å². The quantitative estimate of drug-likeness (QED) is 0.889. The Bertz CT molecular complexity index is 490. The first kappa shape index (κ1) is 12.4. The Morgan fingerprint density at radius 3 is 2.56 bits per heavy atom. The first-order valence-electron chi connectivity index (χ1n) is 5.89. The van der Waals surface area contributed by atoms with Crippen LogP contribution in [0.4, 0.5) is 4.79 Å². The predicted octanol–water partition coefficient (Wildman–Crippen LogP) is 2.61. The van der Waals surface area contributed by atoms with Gasteiger partial charge in [0.15, 0.2) is 0 Å². The number of hydrogen-bond donors (Lipinski definition) is 1. The van der Waals surface area contributed by atoms with Crippen LogP contribution < -0.4 is 5.32 Å². The molecule has 1 aliphatic rings. The highest BCUT2D eigenvalue weighted by Crippen LogP contribution is 2.55. The van der Waals surface area contributed by atoms with Crippen molar-refractivity contribution < 1.29 is 9.53 Å². The summed E-state index contributed by atoms with van der Waals surface area (Å²) in [6, 6.07) is 11.6. The first-order valence-corrected chi connectivity index (χ1v) is 5.89. The third-order valence-corrected chi connectivity index (χ3v) is 3.46. The molecular formula is C14H16N2O2. The van der Waals surface area contributed by atoms with Gasteiger partial charge in [-0.1, -0.05) is 44.2 Å². The third-order valence-electron chi connectivity index (χ3n) is 3.46. The molecule has 1 fully saturated rings. The van der Waals surface area contributed by atoms with Gasteiger partial charge >= 0.3 is 6.09 Å². The molecule has 1 aromatic carbocycles. The van der Waals surface area contributed by atoms with Crippen LogP contribution in [0.5, 0.6) is 0 Å². The van der Waals surface area contributed by atoms with Crippen molar-refractivity contribution in [3.8, 4) is 6.07 Å². The molecule has 0 heterocycles. The molecule has 1 amide bonds. The number of carbonyl (C=O) groups excluding carboxylic acids is 1. The molecule has 4 heteroatoms. The van der Waals surface area contributed by atoms with E-state index in [1.807, 2.05) is 44.2 Å². The number of ether oxygens (including phenoxy) is 1. The fraction of sp³-hybridized carbons (Fsp3) is 0.429. The maximum atomic E-state index is 11.6. The molecule has 0 saturated heterocycles. The van der Waals surface area contributed by atoms with Crippen LogP contribution in [0.15, 0.2) is 30.3 Å². The smallest absolute Gasteiger partial charge is 0.408 e. The van der Waals surface area contributed by atoms with Crippen LogP contribution in [0.25, 0.3) is 0 Å². The lowest BCUT2D eigenvalue weighted by Crippen LogP contribution is -2.39. The first-order chi connectivity index (χ1) is 8.49. The van der Waals surface area contributed by atoms with Crippen LogP contribution >= 0.6 is 0 Å². The summed E-state index contributed by atoms with van der Waals surface area (Å²) in [7, 11) is 0. The Hall–Kier alpha value is -2.02. The number of rotatable bonds is 3. The topological polar surface area (TPSA) is 62.1 Å². The van der Waals surface area contributed by atoms with Gasteiger partial charge in [0.25, 0.3) is 0 Å². The molecular weight excluding hydrogens is 228 g/mol. The van der Waals surface area contributed by atoms with Crippen LogP contribution in [0.1, 0.15) is 25.8 Å². The minimum atomic E-state index is -0.763. The molecule has 94 valence electrons. The molecule has 1 saturated carbocycles. The molecule has 0 radical (unpaired) electrons. The Kier molecular flexibility index (Phi) is 3.00. The molecule has 1 unspecified atom stereocenters. The second-order valence-corrected chi connectivity index (χ2v) is 5.26. The Morgan fingerprint density at radius 1 is 1.44 bits per heavy atom. The average Bonchev–Trinajstić information content (AvgIpc) is 2.90. The summed E-state index contributed by atoms with van der Waals surface area (Å²) in [5.74, 6) is 0. The summed E-state index contributed by atoms with van der Waals surface area (Å²) in [5, 5.41) is 11.8. The second kappa shape index (κ2) is 4.34. The number of alkyl carbamates (subject to hydrolysis) is 1. The summed E-state index contributed by atoms with van der Waals surface area (Å²) in [5.41, 5.74) is -0.0115. The number of benzene rings is 1. The summed E-state index contributed by atoms with van der Waals surface area (Å²) >= 11 is 0. The lowest BCUT2D eigenvalue weighted by atomic mass is 10.1. The van der Waals surface area contributed by atoms with E-state index < -0.39 is 11.6 Å². The third kappa shape index (κ3) is 2.30. The van der Waals surface area contributed by atoms with E-state index in [0.29, 0.717) is 6.42 Å². The molecule has 2 rings (SSSR count). The van der Waals surface area contributed by atoms with E-state index >= 15 is 0 Å². The van der Waals surface area contributed by atoms with Gasteiger partial charge in [0, 0.05) is 5.41 Å². The number of nitrogens with one attached hydrogen (secondary N) is 1. The monoisotopic (exact) mass is 244 g/mol. The van der Waals surface area contributed by atoms with E-state index in [0.717, 1.165) is 5.56 Å². The summed E-state index contributed by atoms with van der Waals surface area (Å²) in [6.45, 7) is 4.12. The van der Waals surface area contributed by atoms with E-state index in [4.69, 9.17) is 10.00 Å². The number of nitrogens with zero attached hydrogens (tertiary/aromatic N) is 1. The van der Waals surface area contributed by atoms with Gasteiger partial charge in [0.05, 0.1) is 6.07 Å². The molecule has 0 bridgehead atoms. The van der Waals surface area contributed by atoms with Gasteiger partial charge in [-0.25, -0.2) is 4.79 Å². The Morgan fingerprint density at radius 2 is 2.06 bits per heavy atom. The van der Waals surface area contributed by atoms with E-state index in [2.05, 4.69) is 11.4 Å². The average molecular weight is 244 g/mol. The lowest BCUT2D eigenvalue weighted by Gasteiger charge is -2.14. The normalized spacial score (nSPS) is 23.8. The summed E-state index contributed by atoms with van der Waals surface area (Å²) in [4.78, 5) is 11.6. The molecule has 1 atom stereocenters. The van der Waals surface area contributed by atoms with Crippen molar-refractivity contribution in [3.63, 3.8) is 0 Å². The molecule has 0 aromatic heterocycles. The molecule has 18 heavy (non-hydrogen) atoms.